The SMILES string of the molecule is COc1ccc(C(=O)CSc2nc3scc(C)c3c(=O)[nH]2)cc1. The molecule has 0 aliphatic heterocycles. The van der Waals surface area contributed by atoms with Crippen molar-refractivity contribution in [2.24, 2.45) is 0 Å². The van der Waals surface area contributed by atoms with Gasteiger partial charge in [0.05, 0.1) is 18.2 Å². The van der Waals surface area contributed by atoms with Crippen molar-refractivity contribution < 1.29 is 9.53 Å². The molecule has 0 radical (unpaired) electrons. The van der Waals surface area contributed by atoms with Crippen LogP contribution in [-0.4, -0.2) is 28.6 Å². The van der Waals surface area contributed by atoms with Gasteiger partial charge < -0.3 is 9.72 Å². The summed E-state index contributed by atoms with van der Waals surface area (Å²) in [7, 11) is 1.58. The van der Waals surface area contributed by atoms with E-state index in [1.807, 2.05) is 12.3 Å². The molecule has 0 amide bonds. The molecule has 3 aromatic rings. The summed E-state index contributed by atoms with van der Waals surface area (Å²) in [5, 5.41) is 3.00. The Morgan fingerprint density at radius 2 is 2.09 bits per heavy atom. The number of H-pyrrole nitrogens is 1. The third kappa shape index (κ3) is 3.30. The second-order valence-corrected chi connectivity index (χ2v) is 6.73. The van der Waals surface area contributed by atoms with Crippen LogP contribution in [0.1, 0.15) is 15.9 Å². The molecule has 0 aliphatic carbocycles. The molecule has 0 unspecified atom stereocenters. The first kappa shape index (κ1) is 15.8. The van der Waals surface area contributed by atoms with Crippen molar-refractivity contribution in [1.82, 2.24) is 9.97 Å². The molecule has 0 aliphatic rings. The number of thioether (sulfide) groups is 1. The van der Waals surface area contributed by atoms with Crippen LogP contribution in [0.2, 0.25) is 0 Å². The molecule has 3 rings (SSSR count). The van der Waals surface area contributed by atoms with Crippen LogP contribution >= 0.6 is 23.1 Å². The molecule has 0 saturated heterocycles. The molecule has 5 nitrogen and oxygen atoms in total. The van der Waals surface area contributed by atoms with E-state index in [-0.39, 0.29) is 17.1 Å². The normalized spacial score (nSPS) is 10.9. The van der Waals surface area contributed by atoms with E-state index in [4.69, 9.17) is 4.74 Å². The third-order valence-electron chi connectivity index (χ3n) is 3.36. The second kappa shape index (κ2) is 6.55. The van der Waals surface area contributed by atoms with E-state index < -0.39 is 0 Å². The lowest BCUT2D eigenvalue weighted by Crippen LogP contribution is -2.10. The highest BCUT2D eigenvalue weighted by Gasteiger charge is 2.11. The number of carbonyl (C=O) groups excluding carboxylic acids is 1. The van der Waals surface area contributed by atoms with E-state index in [0.29, 0.717) is 26.7 Å². The number of carbonyl (C=O) groups is 1. The predicted octanol–water partition coefficient (Wildman–Crippen LogP) is 3.28. The van der Waals surface area contributed by atoms with Gasteiger partial charge in [0.1, 0.15) is 10.6 Å². The Labute approximate surface area is 140 Å². The van der Waals surface area contributed by atoms with Gasteiger partial charge in [-0.05, 0) is 42.1 Å². The summed E-state index contributed by atoms with van der Waals surface area (Å²) in [4.78, 5) is 32.1. The first-order valence-corrected chi connectivity index (χ1v) is 8.73. The maximum Gasteiger partial charge on any atom is 0.260 e. The summed E-state index contributed by atoms with van der Waals surface area (Å²) in [6.45, 7) is 1.88. The molecular weight excluding hydrogens is 332 g/mol. The number of thiophene rings is 1. The standard InChI is InChI=1S/C16H14N2O3S2/c1-9-7-22-15-13(9)14(20)17-16(18-15)23-8-12(19)10-3-5-11(21-2)6-4-10/h3-7H,8H2,1-2H3,(H,17,18,20). The summed E-state index contributed by atoms with van der Waals surface area (Å²) in [5.74, 6) is 0.895. The second-order valence-electron chi connectivity index (χ2n) is 4.91. The van der Waals surface area contributed by atoms with Crippen LogP contribution in [0, 0.1) is 6.92 Å². The maximum absolute atomic E-state index is 12.2. The fraction of sp³-hybridized carbons (Fsp3) is 0.188. The highest BCUT2D eigenvalue weighted by Crippen LogP contribution is 2.23. The lowest BCUT2D eigenvalue weighted by Gasteiger charge is -2.03. The number of methoxy groups -OCH3 is 1. The molecular formula is C16H14N2O3S2. The van der Waals surface area contributed by atoms with Crippen LogP contribution in [0.3, 0.4) is 0 Å². The molecule has 2 heterocycles. The Kier molecular flexibility index (Phi) is 4.49. The number of hydrogen-bond donors (Lipinski definition) is 1. The monoisotopic (exact) mass is 346 g/mol. The van der Waals surface area contributed by atoms with Gasteiger partial charge in [-0.2, -0.15) is 0 Å². The molecule has 1 aromatic carbocycles. The van der Waals surface area contributed by atoms with Gasteiger partial charge in [-0.15, -0.1) is 11.3 Å². The number of ketones is 1. The van der Waals surface area contributed by atoms with Crippen molar-refractivity contribution in [3.05, 3.63) is 51.1 Å². The molecule has 0 spiro atoms. The zero-order valence-corrected chi connectivity index (χ0v) is 14.2. The van der Waals surface area contributed by atoms with Crippen molar-refractivity contribution in [2.75, 3.05) is 12.9 Å². The minimum atomic E-state index is -0.159. The number of Topliss-reactive ketones (excluding diaryl/α,β-unsaturated/α-hetero) is 1. The topological polar surface area (TPSA) is 72.0 Å². The molecule has 1 N–H and O–H groups in total. The summed E-state index contributed by atoms with van der Waals surface area (Å²) in [6, 6.07) is 6.95. The van der Waals surface area contributed by atoms with Crippen LogP contribution in [0.25, 0.3) is 10.2 Å². The summed E-state index contributed by atoms with van der Waals surface area (Å²) >= 11 is 2.66. The van der Waals surface area contributed by atoms with Gasteiger partial charge in [0.25, 0.3) is 5.56 Å². The van der Waals surface area contributed by atoms with E-state index in [1.165, 1.54) is 23.1 Å². The van der Waals surface area contributed by atoms with Crippen molar-refractivity contribution in [3.8, 4) is 5.75 Å². The van der Waals surface area contributed by atoms with Crippen molar-refractivity contribution >= 4 is 39.1 Å². The first-order chi connectivity index (χ1) is 11.1. The van der Waals surface area contributed by atoms with E-state index in [9.17, 15) is 9.59 Å². The molecule has 7 heteroatoms. The molecule has 0 bridgehead atoms. The van der Waals surface area contributed by atoms with Gasteiger partial charge >= 0.3 is 0 Å². The average molecular weight is 346 g/mol. The zero-order valence-electron chi connectivity index (χ0n) is 12.6. The minimum Gasteiger partial charge on any atom is -0.497 e. The summed E-state index contributed by atoms with van der Waals surface area (Å²) in [5.41, 5.74) is 1.37. The Hall–Kier alpha value is -2.12. The summed E-state index contributed by atoms with van der Waals surface area (Å²) < 4.78 is 5.07. The Balaban J connectivity index is 1.74. The zero-order chi connectivity index (χ0) is 16.4. The molecule has 0 atom stereocenters. The summed E-state index contributed by atoms with van der Waals surface area (Å²) in [6.07, 6.45) is 0. The number of benzene rings is 1. The van der Waals surface area contributed by atoms with Crippen LogP contribution in [0.5, 0.6) is 5.75 Å². The Morgan fingerprint density at radius 3 is 2.78 bits per heavy atom. The fourth-order valence-corrected chi connectivity index (χ4v) is 3.87. The lowest BCUT2D eigenvalue weighted by atomic mass is 10.1. The predicted molar refractivity (Wildman–Crippen MR) is 93.0 cm³/mol. The number of rotatable bonds is 5. The number of aromatic nitrogens is 2. The number of aromatic amines is 1. The van der Waals surface area contributed by atoms with Gasteiger partial charge in [0.2, 0.25) is 0 Å². The first-order valence-electron chi connectivity index (χ1n) is 6.86. The number of fused-ring (bicyclic) bond motifs is 1. The lowest BCUT2D eigenvalue weighted by molar-refractivity contribution is 0.102. The maximum atomic E-state index is 12.2. The van der Waals surface area contributed by atoms with Gasteiger partial charge in [-0.1, -0.05) is 11.8 Å². The number of aryl methyl sites for hydroxylation is 1. The van der Waals surface area contributed by atoms with Crippen LogP contribution in [0.4, 0.5) is 0 Å². The van der Waals surface area contributed by atoms with E-state index in [0.717, 1.165) is 5.56 Å². The smallest absolute Gasteiger partial charge is 0.260 e. The van der Waals surface area contributed by atoms with E-state index >= 15 is 0 Å². The van der Waals surface area contributed by atoms with E-state index in [2.05, 4.69) is 9.97 Å². The third-order valence-corrected chi connectivity index (χ3v) is 5.22. The highest BCUT2D eigenvalue weighted by atomic mass is 32.2. The van der Waals surface area contributed by atoms with Gasteiger partial charge in [0, 0.05) is 5.56 Å². The molecule has 23 heavy (non-hydrogen) atoms. The number of nitrogens with zero attached hydrogens (tertiary/aromatic N) is 1. The van der Waals surface area contributed by atoms with Crippen LogP contribution in [-0.2, 0) is 0 Å². The van der Waals surface area contributed by atoms with Crippen molar-refractivity contribution in [1.29, 1.82) is 0 Å². The van der Waals surface area contributed by atoms with Gasteiger partial charge in [0.15, 0.2) is 10.9 Å². The largest absolute Gasteiger partial charge is 0.497 e. The van der Waals surface area contributed by atoms with E-state index in [1.54, 1.807) is 31.4 Å². The fourth-order valence-electron chi connectivity index (χ4n) is 2.13. The quantitative estimate of drug-likeness (QED) is 0.436. The van der Waals surface area contributed by atoms with Crippen molar-refractivity contribution in [2.45, 2.75) is 12.1 Å². The van der Waals surface area contributed by atoms with Crippen molar-refractivity contribution in [3.63, 3.8) is 0 Å². The number of nitrogens with one attached hydrogen (secondary N) is 1. The van der Waals surface area contributed by atoms with Crippen LogP contribution in [0.15, 0.2) is 39.6 Å². The average Bonchev–Trinajstić information content (AvgIpc) is 2.94. The minimum absolute atomic E-state index is 0.0252. The molecule has 118 valence electrons. The highest BCUT2D eigenvalue weighted by molar-refractivity contribution is 7.99. The number of hydrogen-bond acceptors (Lipinski definition) is 6. The Bertz CT molecular complexity index is 913. The number of ether oxygens (including phenoxy) is 1. The van der Waals surface area contributed by atoms with Gasteiger partial charge in [-0.3, -0.25) is 9.59 Å². The van der Waals surface area contributed by atoms with Gasteiger partial charge in [-0.25, -0.2) is 4.98 Å². The molecule has 0 saturated carbocycles. The molecule has 0 fully saturated rings. The Morgan fingerprint density at radius 1 is 1.35 bits per heavy atom. The molecule has 2 aromatic heterocycles. The van der Waals surface area contributed by atoms with Crippen LogP contribution < -0.4 is 10.3 Å².